The van der Waals surface area contributed by atoms with Gasteiger partial charge in [0.25, 0.3) is 0 Å². The van der Waals surface area contributed by atoms with Crippen molar-refractivity contribution in [1.29, 1.82) is 0 Å². The van der Waals surface area contributed by atoms with Gasteiger partial charge in [-0.05, 0) is 40.4 Å². The van der Waals surface area contributed by atoms with Crippen LogP contribution in [0.25, 0.3) is 0 Å². The molecular weight excluding hydrogens is 284 g/mol. The van der Waals surface area contributed by atoms with E-state index in [1.54, 1.807) is 19.2 Å². The highest BCUT2D eigenvalue weighted by atomic mass is 79.9. The molecule has 0 aliphatic heterocycles. The van der Waals surface area contributed by atoms with E-state index in [2.05, 4.69) is 15.9 Å². The van der Waals surface area contributed by atoms with Gasteiger partial charge in [0.15, 0.2) is 11.5 Å². The zero-order valence-electron chi connectivity index (χ0n) is 9.74. The van der Waals surface area contributed by atoms with Crippen molar-refractivity contribution in [3.63, 3.8) is 0 Å². The Balaban J connectivity index is 2.09. The van der Waals surface area contributed by atoms with Gasteiger partial charge < -0.3 is 9.47 Å². The van der Waals surface area contributed by atoms with Crippen molar-refractivity contribution in [2.45, 2.75) is 19.3 Å². The van der Waals surface area contributed by atoms with E-state index in [1.807, 2.05) is 0 Å². The van der Waals surface area contributed by atoms with Gasteiger partial charge >= 0.3 is 0 Å². The van der Waals surface area contributed by atoms with Gasteiger partial charge in [0.1, 0.15) is 6.29 Å². The number of methoxy groups -OCH3 is 1. The molecule has 0 saturated heterocycles. The number of carbonyl (C=O) groups excluding carboxylic acids is 1. The molecular formula is C13H15BrO3. The second-order valence-electron chi connectivity index (χ2n) is 4.23. The monoisotopic (exact) mass is 298 g/mol. The molecule has 1 aliphatic rings. The maximum absolute atomic E-state index is 10.7. The second-order valence-corrected chi connectivity index (χ2v) is 5.09. The molecule has 0 N–H and O–H groups in total. The molecule has 0 aromatic heterocycles. The maximum Gasteiger partial charge on any atom is 0.175 e. The average Bonchev–Trinajstić information content (AvgIpc) is 3.14. The van der Waals surface area contributed by atoms with E-state index in [1.165, 1.54) is 12.8 Å². The summed E-state index contributed by atoms with van der Waals surface area (Å²) in [5.41, 5.74) is 0.572. The number of hydrogen-bond acceptors (Lipinski definition) is 3. The van der Waals surface area contributed by atoms with Crippen LogP contribution < -0.4 is 9.47 Å². The van der Waals surface area contributed by atoms with Crippen molar-refractivity contribution in [1.82, 2.24) is 0 Å². The first-order chi connectivity index (χ1) is 8.24. The lowest BCUT2D eigenvalue weighted by Gasteiger charge is -2.12. The second kappa shape index (κ2) is 5.54. The van der Waals surface area contributed by atoms with Crippen molar-refractivity contribution in [3.8, 4) is 11.5 Å². The molecule has 0 unspecified atom stereocenters. The number of benzene rings is 1. The van der Waals surface area contributed by atoms with Crippen LogP contribution in [-0.2, 0) is 0 Å². The summed E-state index contributed by atoms with van der Waals surface area (Å²) in [4.78, 5) is 10.7. The Morgan fingerprint density at radius 3 is 2.82 bits per heavy atom. The molecule has 1 saturated carbocycles. The summed E-state index contributed by atoms with van der Waals surface area (Å²) in [6, 6.07) is 3.42. The summed E-state index contributed by atoms with van der Waals surface area (Å²) in [6.07, 6.45) is 4.53. The fraction of sp³-hybridized carbons (Fsp3) is 0.462. The Hall–Kier alpha value is -1.03. The molecule has 1 aliphatic carbocycles. The minimum Gasteiger partial charge on any atom is -0.493 e. The molecule has 0 atom stereocenters. The minimum atomic E-state index is 0.572. The number of rotatable bonds is 6. The lowest BCUT2D eigenvalue weighted by molar-refractivity contribution is 0.112. The molecule has 3 nitrogen and oxygen atoms in total. The maximum atomic E-state index is 10.7. The van der Waals surface area contributed by atoms with Crippen molar-refractivity contribution in [3.05, 3.63) is 22.2 Å². The molecule has 0 heterocycles. The van der Waals surface area contributed by atoms with Gasteiger partial charge in [-0.15, -0.1) is 0 Å². The molecule has 4 heteroatoms. The summed E-state index contributed by atoms with van der Waals surface area (Å²) in [6.45, 7) is 0.695. The number of ether oxygens (including phenoxy) is 2. The largest absolute Gasteiger partial charge is 0.493 e. The number of aldehydes is 1. The first kappa shape index (κ1) is 12.4. The quantitative estimate of drug-likeness (QED) is 0.755. The first-order valence-corrected chi connectivity index (χ1v) is 6.49. The van der Waals surface area contributed by atoms with Crippen molar-refractivity contribution < 1.29 is 14.3 Å². The zero-order chi connectivity index (χ0) is 12.3. The molecule has 0 spiro atoms. The minimum absolute atomic E-state index is 0.572. The third-order valence-corrected chi connectivity index (χ3v) is 3.45. The summed E-state index contributed by atoms with van der Waals surface area (Å²) in [5, 5.41) is 0. The van der Waals surface area contributed by atoms with E-state index in [-0.39, 0.29) is 0 Å². The SMILES string of the molecule is COc1cc(C=O)cc(Br)c1OCCC1CC1. The molecule has 2 rings (SSSR count). The van der Waals surface area contributed by atoms with Crippen LogP contribution in [0.4, 0.5) is 0 Å². The van der Waals surface area contributed by atoms with Crippen LogP contribution in [0.1, 0.15) is 29.6 Å². The van der Waals surface area contributed by atoms with Gasteiger partial charge in [-0.2, -0.15) is 0 Å². The van der Waals surface area contributed by atoms with Crippen molar-refractivity contribution in [2.24, 2.45) is 5.92 Å². The molecule has 1 aromatic rings. The molecule has 1 aromatic carbocycles. The van der Waals surface area contributed by atoms with Gasteiger partial charge in [-0.1, -0.05) is 12.8 Å². The third kappa shape index (κ3) is 3.22. The highest BCUT2D eigenvalue weighted by Gasteiger charge is 2.21. The molecule has 0 radical (unpaired) electrons. The van der Waals surface area contributed by atoms with Gasteiger partial charge in [-0.25, -0.2) is 0 Å². The van der Waals surface area contributed by atoms with Crippen molar-refractivity contribution in [2.75, 3.05) is 13.7 Å². The van der Waals surface area contributed by atoms with Crippen LogP contribution in [-0.4, -0.2) is 20.0 Å². The Morgan fingerprint density at radius 2 is 2.24 bits per heavy atom. The Labute approximate surface area is 109 Å². The van der Waals surface area contributed by atoms with E-state index in [0.29, 0.717) is 23.7 Å². The van der Waals surface area contributed by atoms with E-state index in [0.717, 1.165) is 23.1 Å². The molecule has 0 bridgehead atoms. The first-order valence-electron chi connectivity index (χ1n) is 5.70. The third-order valence-electron chi connectivity index (χ3n) is 2.86. The van der Waals surface area contributed by atoms with Gasteiger partial charge in [-0.3, -0.25) is 4.79 Å². The predicted molar refractivity (Wildman–Crippen MR) is 68.9 cm³/mol. The number of halogens is 1. The molecule has 17 heavy (non-hydrogen) atoms. The van der Waals surface area contributed by atoms with Crippen LogP contribution in [0.15, 0.2) is 16.6 Å². The average molecular weight is 299 g/mol. The number of hydrogen-bond donors (Lipinski definition) is 0. The highest BCUT2D eigenvalue weighted by molar-refractivity contribution is 9.10. The van der Waals surface area contributed by atoms with E-state index in [4.69, 9.17) is 9.47 Å². The Kier molecular flexibility index (Phi) is 4.05. The smallest absolute Gasteiger partial charge is 0.175 e. The Morgan fingerprint density at radius 1 is 1.47 bits per heavy atom. The van der Waals surface area contributed by atoms with E-state index >= 15 is 0 Å². The standard InChI is InChI=1S/C13H15BrO3/c1-16-12-7-10(8-15)6-11(14)13(12)17-5-4-9-2-3-9/h6-9H,2-5H2,1H3. The van der Waals surface area contributed by atoms with Crippen LogP contribution in [0.3, 0.4) is 0 Å². The number of carbonyl (C=O) groups is 1. The lowest BCUT2D eigenvalue weighted by atomic mass is 10.2. The van der Waals surface area contributed by atoms with E-state index < -0.39 is 0 Å². The van der Waals surface area contributed by atoms with Crippen LogP contribution in [0, 0.1) is 5.92 Å². The van der Waals surface area contributed by atoms with Crippen molar-refractivity contribution >= 4 is 22.2 Å². The van der Waals surface area contributed by atoms with Gasteiger partial charge in [0.2, 0.25) is 0 Å². The van der Waals surface area contributed by atoms with Gasteiger partial charge in [0, 0.05) is 5.56 Å². The summed E-state index contributed by atoms with van der Waals surface area (Å²) < 4.78 is 11.7. The molecule has 1 fully saturated rings. The highest BCUT2D eigenvalue weighted by Crippen LogP contribution is 2.37. The van der Waals surface area contributed by atoms with E-state index in [9.17, 15) is 4.79 Å². The summed E-state index contributed by atoms with van der Waals surface area (Å²) >= 11 is 3.40. The normalized spacial score (nSPS) is 14.5. The predicted octanol–water partition coefficient (Wildman–Crippen LogP) is 3.45. The summed E-state index contributed by atoms with van der Waals surface area (Å²) in [5.74, 6) is 2.12. The van der Waals surface area contributed by atoms with Crippen LogP contribution in [0.2, 0.25) is 0 Å². The Bertz CT molecular complexity index is 413. The molecule has 92 valence electrons. The summed E-state index contributed by atoms with van der Waals surface area (Å²) in [7, 11) is 1.57. The lowest BCUT2D eigenvalue weighted by Crippen LogP contribution is -2.01. The topological polar surface area (TPSA) is 35.5 Å². The van der Waals surface area contributed by atoms with Crippen LogP contribution in [0.5, 0.6) is 11.5 Å². The van der Waals surface area contributed by atoms with Gasteiger partial charge in [0.05, 0.1) is 18.2 Å². The fourth-order valence-corrected chi connectivity index (χ4v) is 2.26. The van der Waals surface area contributed by atoms with Crippen LogP contribution >= 0.6 is 15.9 Å². The molecule has 0 amide bonds. The fourth-order valence-electron chi connectivity index (χ4n) is 1.68. The zero-order valence-corrected chi connectivity index (χ0v) is 11.3.